The highest BCUT2D eigenvalue weighted by Crippen LogP contribution is 2.31. The molecule has 1 atom stereocenters. The molecule has 1 aliphatic heterocycles. The number of Topliss-reactive ketones (excluding diaryl/α,β-unsaturated/α-hetero) is 1. The number of nitrogens with zero attached hydrogens (tertiary/aromatic N) is 1. The summed E-state index contributed by atoms with van der Waals surface area (Å²) in [5.74, 6) is 0.0643. The van der Waals surface area contributed by atoms with Gasteiger partial charge in [0.15, 0.2) is 10.9 Å². The summed E-state index contributed by atoms with van der Waals surface area (Å²) in [6.45, 7) is 4.24. The molecule has 24 heavy (non-hydrogen) atoms. The van der Waals surface area contributed by atoms with E-state index in [9.17, 15) is 4.79 Å². The molecule has 0 bridgehead atoms. The monoisotopic (exact) mass is 336 g/mol. The number of thiocarbonyl (C=S) groups is 1. The van der Waals surface area contributed by atoms with E-state index in [0.717, 1.165) is 22.4 Å². The van der Waals surface area contributed by atoms with Crippen molar-refractivity contribution in [1.82, 2.24) is 10.2 Å². The molecule has 0 aliphatic carbocycles. The SMILES string of the molecule is CC(=O)C1=C(C)N(Cc2ccccc2)C(=S)NC1c1ccccc1. The molecular formula is C20H20N2OS. The molecule has 3 rings (SSSR count). The van der Waals surface area contributed by atoms with Crippen LogP contribution in [0.1, 0.15) is 31.0 Å². The Bertz CT molecular complexity index is 784. The van der Waals surface area contributed by atoms with Gasteiger partial charge in [0, 0.05) is 17.8 Å². The maximum atomic E-state index is 12.3. The summed E-state index contributed by atoms with van der Waals surface area (Å²) in [6.07, 6.45) is 0. The topological polar surface area (TPSA) is 32.3 Å². The van der Waals surface area contributed by atoms with Crippen LogP contribution in [-0.4, -0.2) is 15.8 Å². The van der Waals surface area contributed by atoms with E-state index in [-0.39, 0.29) is 11.8 Å². The number of carbonyl (C=O) groups excluding carboxylic acids is 1. The van der Waals surface area contributed by atoms with Gasteiger partial charge >= 0.3 is 0 Å². The van der Waals surface area contributed by atoms with E-state index in [1.807, 2.05) is 60.4 Å². The minimum Gasteiger partial charge on any atom is -0.351 e. The van der Waals surface area contributed by atoms with Gasteiger partial charge in [0.25, 0.3) is 0 Å². The molecule has 2 aromatic carbocycles. The number of hydrogen-bond acceptors (Lipinski definition) is 2. The summed E-state index contributed by atoms with van der Waals surface area (Å²) >= 11 is 5.59. The number of allylic oxidation sites excluding steroid dienone is 1. The number of carbonyl (C=O) groups is 1. The lowest BCUT2D eigenvalue weighted by atomic mass is 9.92. The van der Waals surface area contributed by atoms with E-state index >= 15 is 0 Å². The van der Waals surface area contributed by atoms with Crippen molar-refractivity contribution in [3.8, 4) is 0 Å². The predicted octanol–water partition coefficient (Wildman–Crippen LogP) is 3.98. The lowest BCUT2D eigenvalue weighted by Gasteiger charge is -2.37. The van der Waals surface area contributed by atoms with Gasteiger partial charge in [-0.1, -0.05) is 60.7 Å². The van der Waals surface area contributed by atoms with Crippen molar-refractivity contribution in [3.63, 3.8) is 0 Å². The minimum absolute atomic E-state index is 0.0643. The molecule has 1 aliphatic rings. The first-order chi connectivity index (χ1) is 11.6. The van der Waals surface area contributed by atoms with E-state index in [0.29, 0.717) is 11.7 Å². The Morgan fingerprint density at radius 3 is 2.25 bits per heavy atom. The normalized spacial score (nSPS) is 17.7. The molecule has 1 unspecified atom stereocenters. The molecule has 122 valence electrons. The molecule has 0 saturated heterocycles. The summed E-state index contributed by atoms with van der Waals surface area (Å²) in [7, 11) is 0. The van der Waals surface area contributed by atoms with Crippen LogP contribution >= 0.6 is 12.2 Å². The van der Waals surface area contributed by atoms with Crippen LogP contribution in [0.2, 0.25) is 0 Å². The highest BCUT2D eigenvalue weighted by molar-refractivity contribution is 7.80. The maximum absolute atomic E-state index is 12.3. The molecule has 0 saturated carbocycles. The molecule has 0 aromatic heterocycles. The fourth-order valence-electron chi connectivity index (χ4n) is 3.09. The average Bonchev–Trinajstić information content (AvgIpc) is 2.59. The van der Waals surface area contributed by atoms with Crippen LogP contribution in [0.4, 0.5) is 0 Å². The van der Waals surface area contributed by atoms with Gasteiger partial charge in [-0.05, 0) is 37.2 Å². The Labute approximate surface area is 148 Å². The van der Waals surface area contributed by atoms with Gasteiger partial charge in [-0.2, -0.15) is 0 Å². The summed E-state index contributed by atoms with van der Waals surface area (Å²) in [4.78, 5) is 14.3. The lowest BCUT2D eigenvalue weighted by molar-refractivity contribution is -0.114. The molecule has 2 aromatic rings. The molecule has 3 nitrogen and oxygen atoms in total. The number of ketones is 1. The first-order valence-electron chi connectivity index (χ1n) is 7.96. The van der Waals surface area contributed by atoms with Crippen molar-refractivity contribution in [1.29, 1.82) is 0 Å². The summed E-state index contributed by atoms with van der Waals surface area (Å²) in [6, 6.07) is 19.9. The lowest BCUT2D eigenvalue weighted by Crippen LogP contribution is -2.47. The molecule has 1 N–H and O–H groups in total. The third kappa shape index (κ3) is 3.24. The molecular weight excluding hydrogens is 316 g/mol. The molecule has 4 heteroatoms. The van der Waals surface area contributed by atoms with Gasteiger partial charge in [0.1, 0.15) is 0 Å². The molecule has 0 spiro atoms. The van der Waals surface area contributed by atoms with Crippen LogP contribution < -0.4 is 5.32 Å². The van der Waals surface area contributed by atoms with Crippen molar-refractivity contribution in [2.75, 3.05) is 0 Å². The fraction of sp³-hybridized carbons (Fsp3) is 0.200. The van der Waals surface area contributed by atoms with E-state index in [2.05, 4.69) is 17.4 Å². The van der Waals surface area contributed by atoms with Crippen LogP contribution in [0.25, 0.3) is 0 Å². The average molecular weight is 336 g/mol. The number of benzene rings is 2. The zero-order valence-electron chi connectivity index (χ0n) is 13.8. The minimum atomic E-state index is -0.191. The van der Waals surface area contributed by atoms with Gasteiger partial charge in [0.2, 0.25) is 0 Å². The zero-order chi connectivity index (χ0) is 17.1. The largest absolute Gasteiger partial charge is 0.351 e. The Hall–Kier alpha value is -2.46. The van der Waals surface area contributed by atoms with Crippen molar-refractivity contribution in [3.05, 3.63) is 83.1 Å². The highest BCUT2D eigenvalue weighted by Gasteiger charge is 2.31. The number of hydrogen-bond donors (Lipinski definition) is 1. The third-order valence-electron chi connectivity index (χ3n) is 4.29. The van der Waals surface area contributed by atoms with Crippen LogP contribution in [0.5, 0.6) is 0 Å². The second-order valence-electron chi connectivity index (χ2n) is 5.92. The van der Waals surface area contributed by atoms with E-state index < -0.39 is 0 Å². The fourth-order valence-corrected chi connectivity index (χ4v) is 3.41. The van der Waals surface area contributed by atoms with E-state index in [1.165, 1.54) is 0 Å². The Morgan fingerprint density at radius 1 is 1.08 bits per heavy atom. The van der Waals surface area contributed by atoms with Crippen LogP contribution in [0.3, 0.4) is 0 Å². The van der Waals surface area contributed by atoms with Gasteiger partial charge in [0.05, 0.1) is 6.04 Å². The number of rotatable bonds is 4. The van der Waals surface area contributed by atoms with Crippen molar-refractivity contribution in [2.24, 2.45) is 0 Å². The summed E-state index contributed by atoms with van der Waals surface area (Å²) < 4.78 is 0. The Morgan fingerprint density at radius 2 is 1.67 bits per heavy atom. The third-order valence-corrected chi connectivity index (χ3v) is 4.63. The van der Waals surface area contributed by atoms with Gasteiger partial charge in [-0.15, -0.1) is 0 Å². The number of nitrogens with one attached hydrogen (secondary N) is 1. The van der Waals surface area contributed by atoms with Gasteiger partial charge in [-0.25, -0.2) is 0 Å². The molecule has 1 heterocycles. The van der Waals surface area contributed by atoms with Crippen LogP contribution in [0.15, 0.2) is 71.9 Å². The van der Waals surface area contributed by atoms with Gasteiger partial charge < -0.3 is 10.2 Å². The standard InChI is InChI=1S/C20H20N2OS/c1-14-18(15(2)23)19(17-11-7-4-8-12-17)21-20(24)22(14)13-16-9-5-3-6-10-16/h3-12,19H,13H2,1-2H3,(H,21,24). The predicted molar refractivity (Wildman–Crippen MR) is 100 cm³/mol. The first-order valence-corrected chi connectivity index (χ1v) is 8.37. The maximum Gasteiger partial charge on any atom is 0.174 e. The van der Waals surface area contributed by atoms with E-state index in [4.69, 9.17) is 12.2 Å². The zero-order valence-corrected chi connectivity index (χ0v) is 14.6. The molecule has 0 fully saturated rings. The summed E-state index contributed by atoms with van der Waals surface area (Å²) in [5, 5.41) is 3.99. The van der Waals surface area contributed by atoms with Crippen LogP contribution in [-0.2, 0) is 11.3 Å². The van der Waals surface area contributed by atoms with E-state index in [1.54, 1.807) is 6.92 Å². The molecule has 0 radical (unpaired) electrons. The second kappa shape index (κ2) is 6.97. The molecule has 0 amide bonds. The quantitative estimate of drug-likeness (QED) is 0.856. The Balaban J connectivity index is 2.00. The van der Waals surface area contributed by atoms with Crippen molar-refractivity contribution >= 4 is 23.1 Å². The first kappa shape index (κ1) is 16.4. The van der Waals surface area contributed by atoms with Gasteiger partial charge in [-0.3, -0.25) is 4.79 Å². The van der Waals surface area contributed by atoms with Crippen LogP contribution in [0, 0.1) is 0 Å². The summed E-state index contributed by atoms with van der Waals surface area (Å²) in [5.41, 5.74) is 3.89. The highest BCUT2D eigenvalue weighted by atomic mass is 32.1. The second-order valence-corrected chi connectivity index (χ2v) is 6.31. The van der Waals surface area contributed by atoms with Crippen molar-refractivity contribution in [2.45, 2.75) is 26.4 Å². The Kier molecular flexibility index (Phi) is 4.76. The smallest absolute Gasteiger partial charge is 0.174 e. The van der Waals surface area contributed by atoms with Crippen molar-refractivity contribution < 1.29 is 4.79 Å².